The Balaban J connectivity index is 2.28. The lowest BCUT2D eigenvalue weighted by Gasteiger charge is -2.51. The van der Waals surface area contributed by atoms with Crippen LogP contribution in [0.3, 0.4) is 0 Å². The average Bonchev–Trinajstić information content (AvgIpc) is 3.15. The highest BCUT2D eigenvalue weighted by molar-refractivity contribution is 5.74. The van der Waals surface area contributed by atoms with E-state index in [1.165, 1.54) is 0 Å². The normalized spacial score (nSPS) is 32.3. The van der Waals surface area contributed by atoms with Gasteiger partial charge in [0.05, 0.1) is 0 Å². The van der Waals surface area contributed by atoms with Crippen molar-refractivity contribution in [2.24, 2.45) is 0 Å². The van der Waals surface area contributed by atoms with Crippen LogP contribution >= 0.6 is 0 Å². The summed E-state index contributed by atoms with van der Waals surface area (Å²) in [7, 11) is 0. The summed E-state index contributed by atoms with van der Waals surface area (Å²) < 4.78 is 73.9. The molecule has 2 amide bonds. The fourth-order valence-electron chi connectivity index (χ4n) is 6.99. The second kappa shape index (κ2) is 23.9. The first kappa shape index (κ1) is 52.8. The Labute approximate surface area is 365 Å². The van der Waals surface area contributed by atoms with Gasteiger partial charge in [0.25, 0.3) is 0 Å². The zero-order valence-corrected chi connectivity index (χ0v) is 36.6. The van der Waals surface area contributed by atoms with Crippen LogP contribution in [-0.4, -0.2) is 176 Å². The van der Waals surface area contributed by atoms with Crippen molar-refractivity contribution in [2.75, 3.05) is 19.8 Å². The highest BCUT2D eigenvalue weighted by Crippen LogP contribution is 2.36. The maximum Gasteiger partial charge on any atom is 0.303 e. The first-order valence-corrected chi connectivity index (χ1v) is 19.6. The van der Waals surface area contributed by atoms with E-state index in [1.807, 2.05) is 0 Å². The number of hydrogen-bond donors (Lipinski definition) is 3. The van der Waals surface area contributed by atoms with Gasteiger partial charge in [-0.05, 0) is 0 Å². The molecule has 0 aromatic heterocycles. The number of aliphatic hydroxyl groups excluding tert-OH is 1. The summed E-state index contributed by atoms with van der Waals surface area (Å²) in [6, 6.07) is -3.28. The summed E-state index contributed by atoms with van der Waals surface area (Å²) in [6.45, 7) is 8.20. The average molecular weight is 923 g/mol. The van der Waals surface area contributed by atoms with E-state index in [-0.39, 0.29) is 0 Å². The van der Waals surface area contributed by atoms with Gasteiger partial charge < -0.3 is 77.3 Å². The molecule has 0 aliphatic carbocycles. The van der Waals surface area contributed by atoms with Crippen molar-refractivity contribution < 1.29 is 115 Å². The van der Waals surface area contributed by atoms with Crippen LogP contribution in [-0.2, 0) is 110 Å². The largest absolute Gasteiger partial charge is 0.463 e. The van der Waals surface area contributed by atoms with Gasteiger partial charge in [-0.15, -0.1) is 0 Å². The first-order chi connectivity index (χ1) is 29.9. The lowest BCUT2D eigenvalue weighted by molar-refractivity contribution is -0.359. The van der Waals surface area contributed by atoms with Gasteiger partial charge in [-0.25, -0.2) is 0 Å². The van der Waals surface area contributed by atoms with E-state index in [4.69, 9.17) is 61.6 Å². The van der Waals surface area contributed by atoms with Gasteiger partial charge in [0.15, 0.2) is 49.4 Å². The molecule has 3 saturated heterocycles. The lowest BCUT2D eigenvalue weighted by Crippen LogP contribution is -2.71. The minimum Gasteiger partial charge on any atom is -0.463 e. The summed E-state index contributed by atoms with van der Waals surface area (Å²) in [5.41, 5.74) is 0. The molecule has 360 valence electrons. The van der Waals surface area contributed by atoms with E-state index in [9.17, 15) is 53.1 Å². The summed E-state index contributed by atoms with van der Waals surface area (Å²) in [6.07, 6.45) is -22.4. The van der Waals surface area contributed by atoms with E-state index < -0.39 is 171 Å². The van der Waals surface area contributed by atoms with E-state index in [1.54, 1.807) is 0 Å². The number of amides is 2. The molecule has 0 unspecified atom stereocenters. The van der Waals surface area contributed by atoms with Crippen LogP contribution in [0.25, 0.3) is 0 Å². The molecule has 0 spiro atoms. The van der Waals surface area contributed by atoms with E-state index in [0.29, 0.717) is 0 Å². The number of esters is 8. The zero-order chi connectivity index (χ0) is 48.2. The predicted octanol–water partition coefficient (Wildman–Crippen LogP) is -2.72. The van der Waals surface area contributed by atoms with Gasteiger partial charge in [0.1, 0.15) is 62.4 Å². The van der Waals surface area contributed by atoms with Crippen molar-refractivity contribution in [1.29, 1.82) is 0 Å². The Morgan fingerprint density at radius 2 is 0.688 bits per heavy atom. The Hall–Kier alpha value is -5.54. The standard InChI is InChI=1S/C38H54N2O24/c1-14(41)39-27-32(56-20(7)47)29(55-19(6)46)25(12-53-17(4)44)61-37(27)63-30-26(13-54-18(5)45)62-38(28(40-15(2)42)33(30)57-21(8)48)64-31-24(11-52-16(3)43)60-36(51)35(59-23(10)50)34(31)58-22(9)49/h24-38,51H,11-13H2,1-10H3,(H,39,41)(H,40,42)/t24-,25-,26-,27-,28-,29-,30-,31-,32-,33-,34+,35-,36+,37+,38+/m1/s1. The third-order valence-electron chi connectivity index (χ3n) is 9.09. The van der Waals surface area contributed by atoms with Gasteiger partial charge in [-0.2, -0.15) is 0 Å². The Morgan fingerprint density at radius 3 is 1.05 bits per heavy atom. The Kier molecular flexibility index (Phi) is 19.8. The third-order valence-corrected chi connectivity index (χ3v) is 9.09. The van der Waals surface area contributed by atoms with Crippen molar-refractivity contribution in [2.45, 2.75) is 161 Å². The number of ether oxygens (including phenoxy) is 13. The quantitative estimate of drug-likeness (QED) is 0.0985. The molecule has 0 aromatic carbocycles. The molecular weight excluding hydrogens is 868 g/mol. The number of carbonyl (C=O) groups is 10. The smallest absolute Gasteiger partial charge is 0.303 e. The molecule has 64 heavy (non-hydrogen) atoms. The highest BCUT2D eigenvalue weighted by atomic mass is 16.8. The fraction of sp³-hybridized carbons (Fsp3) is 0.737. The maximum absolute atomic E-state index is 12.9. The highest BCUT2D eigenvalue weighted by Gasteiger charge is 2.58. The van der Waals surface area contributed by atoms with E-state index >= 15 is 0 Å². The molecule has 0 saturated carbocycles. The van der Waals surface area contributed by atoms with Crippen LogP contribution in [0.15, 0.2) is 0 Å². The molecule has 3 rings (SSSR count). The number of aliphatic hydroxyl groups is 1. The lowest BCUT2D eigenvalue weighted by atomic mass is 9.93. The molecule has 0 bridgehead atoms. The van der Waals surface area contributed by atoms with Gasteiger partial charge >= 0.3 is 47.8 Å². The minimum atomic E-state index is -2.00. The third kappa shape index (κ3) is 15.6. The molecule has 3 heterocycles. The Morgan fingerprint density at radius 1 is 0.391 bits per heavy atom. The first-order valence-electron chi connectivity index (χ1n) is 19.6. The molecule has 0 aromatic rings. The second-order valence-electron chi connectivity index (χ2n) is 14.6. The van der Waals surface area contributed by atoms with Crippen molar-refractivity contribution >= 4 is 59.6 Å². The molecule has 3 N–H and O–H groups in total. The molecular formula is C38H54N2O24. The van der Waals surface area contributed by atoms with Gasteiger partial charge in [-0.3, -0.25) is 47.9 Å². The van der Waals surface area contributed by atoms with Gasteiger partial charge in [0, 0.05) is 69.2 Å². The maximum atomic E-state index is 12.9. The van der Waals surface area contributed by atoms with E-state index in [2.05, 4.69) is 10.6 Å². The minimum absolute atomic E-state index is 0.641. The van der Waals surface area contributed by atoms with Crippen molar-refractivity contribution in [3.63, 3.8) is 0 Å². The summed E-state index contributed by atoms with van der Waals surface area (Å²) >= 11 is 0. The number of hydrogen-bond acceptors (Lipinski definition) is 24. The van der Waals surface area contributed by atoms with Crippen molar-refractivity contribution in [3.8, 4) is 0 Å². The predicted molar refractivity (Wildman–Crippen MR) is 201 cm³/mol. The van der Waals surface area contributed by atoms with Gasteiger partial charge in [0.2, 0.25) is 11.8 Å². The monoisotopic (exact) mass is 922 g/mol. The molecule has 3 fully saturated rings. The topological polar surface area (TPSA) is 335 Å². The number of rotatable bonds is 17. The van der Waals surface area contributed by atoms with Crippen LogP contribution < -0.4 is 10.6 Å². The summed E-state index contributed by atoms with van der Waals surface area (Å²) in [5, 5.41) is 15.9. The van der Waals surface area contributed by atoms with Crippen LogP contribution in [0.4, 0.5) is 0 Å². The van der Waals surface area contributed by atoms with Crippen molar-refractivity contribution in [1.82, 2.24) is 10.6 Å². The molecule has 15 atom stereocenters. The Bertz CT molecular complexity index is 1740. The number of carbonyl (C=O) groups excluding carboxylic acids is 10. The molecule has 26 heteroatoms. The number of nitrogens with one attached hydrogen (secondary N) is 2. The van der Waals surface area contributed by atoms with Crippen LogP contribution in [0.5, 0.6) is 0 Å². The fourth-order valence-corrected chi connectivity index (χ4v) is 6.99. The summed E-state index contributed by atoms with van der Waals surface area (Å²) in [5.74, 6) is -8.83. The molecule has 0 radical (unpaired) electrons. The molecule has 3 aliphatic heterocycles. The van der Waals surface area contributed by atoms with Crippen LogP contribution in [0.2, 0.25) is 0 Å². The molecule has 3 aliphatic rings. The second-order valence-corrected chi connectivity index (χ2v) is 14.6. The zero-order valence-electron chi connectivity index (χ0n) is 36.6. The van der Waals surface area contributed by atoms with E-state index in [0.717, 1.165) is 69.2 Å². The van der Waals surface area contributed by atoms with Crippen LogP contribution in [0, 0.1) is 0 Å². The summed E-state index contributed by atoms with van der Waals surface area (Å²) in [4.78, 5) is 124. The molecule has 26 nitrogen and oxygen atoms in total. The van der Waals surface area contributed by atoms with Crippen molar-refractivity contribution in [3.05, 3.63) is 0 Å². The van der Waals surface area contributed by atoms with Crippen LogP contribution in [0.1, 0.15) is 69.2 Å². The SMILES string of the molecule is CC(=O)N[C@H]1[C@H](O[C@H]2[C@H](OC(C)=O)[C@@H](NC(C)=O)[C@H](O[C@H]3[C@H](OC(C)=O)[C@@H](OC(C)=O)[C@@H](O)O[C@@H]3COC(C)=O)O[C@@H]2COC(C)=O)O[C@H](COC(C)=O)[C@@H](OC(C)=O)[C@@H]1OC(C)=O. The van der Waals surface area contributed by atoms with Gasteiger partial charge in [-0.1, -0.05) is 0 Å².